The number of rotatable bonds is 6. The lowest BCUT2D eigenvalue weighted by Gasteiger charge is -2.15. The molecule has 1 unspecified atom stereocenters. The number of halogens is 2. The number of hydrogen-bond acceptors (Lipinski definition) is 2. The largest absolute Gasteiger partial charge is 0.457 e. The lowest BCUT2D eigenvalue weighted by molar-refractivity contribution is 0.460. The van der Waals surface area contributed by atoms with Gasteiger partial charge in [0.2, 0.25) is 0 Å². The Morgan fingerprint density at radius 1 is 1.05 bits per heavy atom. The van der Waals surface area contributed by atoms with Crippen LogP contribution < -0.4 is 10.1 Å². The van der Waals surface area contributed by atoms with Crippen molar-refractivity contribution in [1.82, 2.24) is 5.32 Å². The Morgan fingerprint density at radius 2 is 1.81 bits per heavy atom. The van der Waals surface area contributed by atoms with Gasteiger partial charge >= 0.3 is 0 Å². The molecule has 21 heavy (non-hydrogen) atoms. The van der Waals surface area contributed by atoms with Gasteiger partial charge in [-0.1, -0.05) is 19.1 Å². The van der Waals surface area contributed by atoms with Gasteiger partial charge in [-0.2, -0.15) is 0 Å². The van der Waals surface area contributed by atoms with Crippen molar-refractivity contribution in [3.63, 3.8) is 0 Å². The molecule has 0 aliphatic rings. The molecule has 2 rings (SSSR count). The number of nitrogens with one attached hydrogen (secondary N) is 1. The second-order valence-electron chi connectivity index (χ2n) is 4.93. The number of hydrogen-bond donors (Lipinski definition) is 1. The van der Waals surface area contributed by atoms with E-state index in [1.807, 2.05) is 18.2 Å². The van der Waals surface area contributed by atoms with Crippen LogP contribution in [0.15, 0.2) is 42.5 Å². The van der Waals surface area contributed by atoms with Gasteiger partial charge < -0.3 is 10.1 Å². The van der Waals surface area contributed by atoms with Gasteiger partial charge in [-0.15, -0.1) is 0 Å². The van der Waals surface area contributed by atoms with Crippen LogP contribution in [0.5, 0.6) is 11.5 Å². The zero-order valence-corrected chi connectivity index (χ0v) is 12.2. The molecular weight excluding hydrogens is 272 g/mol. The molecule has 0 saturated heterocycles. The van der Waals surface area contributed by atoms with Crippen molar-refractivity contribution in [3.8, 4) is 11.5 Å². The van der Waals surface area contributed by atoms with Crippen LogP contribution in [0.3, 0.4) is 0 Å². The molecule has 0 amide bonds. The molecule has 1 atom stereocenters. The first-order valence-electron chi connectivity index (χ1n) is 7.06. The van der Waals surface area contributed by atoms with E-state index in [1.165, 1.54) is 6.07 Å². The molecule has 0 spiro atoms. The fourth-order valence-corrected chi connectivity index (χ4v) is 2.00. The average molecular weight is 291 g/mol. The van der Waals surface area contributed by atoms with E-state index in [4.69, 9.17) is 4.74 Å². The minimum Gasteiger partial charge on any atom is -0.457 e. The second-order valence-corrected chi connectivity index (χ2v) is 4.93. The first-order chi connectivity index (χ1) is 10.1. The van der Waals surface area contributed by atoms with Crippen molar-refractivity contribution in [2.75, 3.05) is 6.54 Å². The Balaban J connectivity index is 2.11. The topological polar surface area (TPSA) is 21.3 Å². The highest BCUT2D eigenvalue weighted by Gasteiger charge is 2.07. The predicted octanol–water partition coefficient (Wildman–Crippen LogP) is 4.82. The van der Waals surface area contributed by atoms with Crippen molar-refractivity contribution in [3.05, 3.63) is 59.7 Å². The fourth-order valence-electron chi connectivity index (χ4n) is 2.00. The third-order valence-electron chi connectivity index (χ3n) is 3.19. The van der Waals surface area contributed by atoms with Crippen LogP contribution in [0.1, 0.15) is 31.9 Å². The summed E-state index contributed by atoms with van der Waals surface area (Å²) < 4.78 is 31.6. The molecule has 2 aromatic carbocycles. The Labute approximate surface area is 123 Å². The van der Waals surface area contributed by atoms with E-state index >= 15 is 0 Å². The van der Waals surface area contributed by atoms with Gasteiger partial charge in [0.05, 0.1) is 0 Å². The van der Waals surface area contributed by atoms with Gasteiger partial charge in [-0.05, 0) is 49.7 Å². The molecule has 4 heteroatoms. The Hall–Kier alpha value is -1.94. The molecule has 0 heterocycles. The summed E-state index contributed by atoms with van der Waals surface area (Å²) in [5, 5.41) is 3.39. The highest BCUT2D eigenvalue weighted by atomic mass is 19.2. The van der Waals surface area contributed by atoms with Crippen molar-refractivity contribution in [2.24, 2.45) is 0 Å². The minimum atomic E-state index is -0.915. The number of ether oxygens (including phenoxy) is 1. The maximum atomic E-state index is 13.2. The quantitative estimate of drug-likeness (QED) is 0.824. The van der Waals surface area contributed by atoms with Gasteiger partial charge in [0.1, 0.15) is 11.5 Å². The SMILES string of the molecule is CCCNC(C)c1cccc(Oc2ccc(F)c(F)c2)c1. The second kappa shape index (κ2) is 7.18. The smallest absolute Gasteiger partial charge is 0.162 e. The third-order valence-corrected chi connectivity index (χ3v) is 3.19. The maximum absolute atomic E-state index is 13.2. The van der Waals surface area contributed by atoms with E-state index in [9.17, 15) is 8.78 Å². The molecule has 0 bridgehead atoms. The van der Waals surface area contributed by atoms with Gasteiger partial charge in [-0.25, -0.2) is 8.78 Å². The summed E-state index contributed by atoms with van der Waals surface area (Å²) in [6.45, 7) is 5.13. The molecule has 2 aromatic rings. The molecule has 0 fully saturated rings. The van der Waals surface area contributed by atoms with Crippen LogP contribution >= 0.6 is 0 Å². The van der Waals surface area contributed by atoms with Crippen LogP contribution in [0.25, 0.3) is 0 Å². The Kier molecular flexibility index (Phi) is 5.28. The summed E-state index contributed by atoms with van der Waals surface area (Å²) in [4.78, 5) is 0. The summed E-state index contributed by atoms with van der Waals surface area (Å²) in [7, 11) is 0. The maximum Gasteiger partial charge on any atom is 0.162 e. The summed E-state index contributed by atoms with van der Waals surface area (Å²) in [5.74, 6) is -0.918. The monoisotopic (exact) mass is 291 g/mol. The van der Waals surface area contributed by atoms with E-state index in [-0.39, 0.29) is 11.8 Å². The van der Waals surface area contributed by atoms with Crippen LogP contribution in [-0.4, -0.2) is 6.54 Å². The first kappa shape index (κ1) is 15.4. The van der Waals surface area contributed by atoms with Crippen LogP contribution in [-0.2, 0) is 0 Å². The van der Waals surface area contributed by atoms with Gasteiger partial charge in [-0.3, -0.25) is 0 Å². The van der Waals surface area contributed by atoms with E-state index in [1.54, 1.807) is 6.07 Å². The Morgan fingerprint density at radius 3 is 2.52 bits per heavy atom. The molecule has 0 aliphatic carbocycles. The average Bonchev–Trinajstić information content (AvgIpc) is 2.49. The molecule has 0 saturated carbocycles. The summed E-state index contributed by atoms with van der Waals surface area (Å²) in [6.07, 6.45) is 1.06. The van der Waals surface area contributed by atoms with Crippen molar-refractivity contribution < 1.29 is 13.5 Å². The lowest BCUT2D eigenvalue weighted by Crippen LogP contribution is -2.19. The standard InChI is InChI=1S/C17H19F2NO/c1-3-9-20-12(2)13-5-4-6-14(10-13)21-15-7-8-16(18)17(19)11-15/h4-8,10-12,20H,3,9H2,1-2H3. The molecule has 0 aliphatic heterocycles. The van der Waals surface area contributed by atoms with Crippen LogP contribution in [0.4, 0.5) is 8.78 Å². The lowest BCUT2D eigenvalue weighted by atomic mass is 10.1. The number of benzene rings is 2. The van der Waals surface area contributed by atoms with Crippen molar-refractivity contribution >= 4 is 0 Å². The molecule has 112 valence electrons. The minimum absolute atomic E-state index is 0.207. The molecule has 0 aromatic heterocycles. The third kappa shape index (κ3) is 4.26. The summed E-state index contributed by atoms with van der Waals surface area (Å²) in [5.41, 5.74) is 1.09. The molecule has 1 N–H and O–H groups in total. The van der Waals surface area contributed by atoms with Crippen LogP contribution in [0, 0.1) is 11.6 Å². The van der Waals surface area contributed by atoms with E-state index in [2.05, 4.69) is 19.2 Å². The van der Waals surface area contributed by atoms with Crippen LogP contribution in [0.2, 0.25) is 0 Å². The van der Waals surface area contributed by atoms with E-state index < -0.39 is 11.6 Å². The predicted molar refractivity (Wildman–Crippen MR) is 79.6 cm³/mol. The first-order valence-corrected chi connectivity index (χ1v) is 7.06. The van der Waals surface area contributed by atoms with Gasteiger partial charge in [0, 0.05) is 12.1 Å². The zero-order chi connectivity index (χ0) is 15.2. The van der Waals surface area contributed by atoms with Gasteiger partial charge in [0.25, 0.3) is 0 Å². The molecule has 0 radical (unpaired) electrons. The van der Waals surface area contributed by atoms with Gasteiger partial charge in [0.15, 0.2) is 11.6 Å². The summed E-state index contributed by atoms with van der Waals surface area (Å²) in [6, 6.07) is 11.3. The normalized spacial score (nSPS) is 12.2. The van der Waals surface area contributed by atoms with Crippen molar-refractivity contribution in [2.45, 2.75) is 26.3 Å². The highest BCUT2D eigenvalue weighted by molar-refractivity contribution is 5.35. The summed E-state index contributed by atoms with van der Waals surface area (Å²) >= 11 is 0. The Bertz CT molecular complexity index is 601. The van der Waals surface area contributed by atoms with E-state index in [0.29, 0.717) is 5.75 Å². The zero-order valence-electron chi connectivity index (χ0n) is 12.2. The van der Waals surface area contributed by atoms with Crippen molar-refractivity contribution in [1.29, 1.82) is 0 Å². The fraction of sp³-hybridized carbons (Fsp3) is 0.294. The highest BCUT2D eigenvalue weighted by Crippen LogP contribution is 2.25. The van der Waals surface area contributed by atoms with E-state index in [0.717, 1.165) is 30.7 Å². The molecular formula is C17H19F2NO. The molecule has 2 nitrogen and oxygen atoms in total.